The molecular formula is C42H28BrNO. The highest BCUT2D eigenvalue weighted by atomic mass is 79.9. The normalized spacial score (nSPS) is 11.2. The van der Waals surface area contributed by atoms with Gasteiger partial charge in [-0.15, -0.1) is 0 Å². The standard InChI is InChI=1S/C42H28BrNO/c43-40-16-8-15-39-38-14-7-13-37(41(38)45-42(39)40)33-21-27-36(28-22-33)44(34-23-17-31(18-24-34)29-9-3-1-4-10-29)35-25-19-32(20-26-35)30-11-5-2-6-12-30/h1-28H. The Balaban J connectivity index is 1.20. The van der Waals surface area contributed by atoms with Crippen molar-refractivity contribution in [1.29, 1.82) is 0 Å². The number of para-hydroxylation sites is 2. The maximum Gasteiger partial charge on any atom is 0.149 e. The number of hydrogen-bond donors (Lipinski definition) is 0. The molecule has 1 aromatic heterocycles. The van der Waals surface area contributed by atoms with Crippen LogP contribution in [0.15, 0.2) is 179 Å². The second-order valence-electron chi connectivity index (χ2n) is 11.1. The van der Waals surface area contributed by atoms with E-state index in [1.54, 1.807) is 0 Å². The number of benzene rings is 7. The van der Waals surface area contributed by atoms with Crippen LogP contribution in [-0.4, -0.2) is 0 Å². The van der Waals surface area contributed by atoms with Crippen molar-refractivity contribution in [3.63, 3.8) is 0 Å². The molecule has 8 rings (SSSR count). The van der Waals surface area contributed by atoms with E-state index >= 15 is 0 Å². The van der Waals surface area contributed by atoms with Crippen LogP contribution in [0, 0.1) is 0 Å². The molecule has 3 heteroatoms. The van der Waals surface area contributed by atoms with E-state index in [9.17, 15) is 0 Å². The van der Waals surface area contributed by atoms with Crippen LogP contribution in [0.25, 0.3) is 55.3 Å². The molecule has 0 atom stereocenters. The third-order valence-corrected chi connectivity index (χ3v) is 9.00. The number of nitrogens with zero attached hydrogens (tertiary/aromatic N) is 1. The molecule has 0 fully saturated rings. The van der Waals surface area contributed by atoms with Gasteiger partial charge in [-0.1, -0.05) is 127 Å². The van der Waals surface area contributed by atoms with Crippen molar-refractivity contribution in [1.82, 2.24) is 0 Å². The minimum atomic E-state index is 0.876. The van der Waals surface area contributed by atoms with Gasteiger partial charge in [-0.25, -0.2) is 0 Å². The summed E-state index contributed by atoms with van der Waals surface area (Å²) in [5.41, 5.74) is 12.0. The van der Waals surface area contributed by atoms with Crippen LogP contribution in [0.4, 0.5) is 17.1 Å². The lowest BCUT2D eigenvalue weighted by Gasteiger charge is -2.26. The summed E-state index contributed by atoms with van der Waals surface area (Å²) < 4.78 is 7.39. The first-order valence-corrected chi connectivity index (χ1v) is 15.8. The Bertz CT molecular complexity index is 2150. The van der Waals surface area contributed by atoms with Crippen LogP contribution < -0.4 is 4.90 Å². The van der Waals surface area contributed by atoms with Crippen molar-refractivity contribution in [2.24, 2.45) is 0 Å². The Morgan fingerprint density at radius 2 is 0.778 bits per heavy atom. The minimum absolute atomic E-state index is 0.876. The molecule has 45 heavy (non-hydrogen) atoms. The van der Waals surface area contributed by atoms with Gasteiger partial charge in [0.25, 0.3) is 0 Å². The number of halogens is 1. The van der Waals surface area contributed by atoms with E-state index in [2.05, 4.69) is 185 Å². The molecule has 0 aliphatic rings. The summed E-state index contributed by atoms with van der Waals surface area (Å²) in [6.45, 7) is 0. The second kappa shape index (κ2) is 11.6. The maximum atomic E-state index is 6.42. The maximum absolute atomic E-state index is 6.42. The minimum Gasteiger partial charge on any atom is -0.454 e. The number of hydrogen-bond acceptors (Lipinski definition) is 2. The predicted molar refractivity (Wildman–Crippen MR) is 192 cm³/mol. The highest BCUT2D eigenvalue weighted by Crippen LogP contribution is 2.41. The molecule has 0 aliphatic heterocycles. The topological polar surface area (TPSA) is 16.4 Å². The molecule has 8 aromatic rings. The zero-order valence-electron chi connectivity index (χ0n) is 24.4. The number of furan rings is 1. The molecule has 214 valence electrons. The van der Waals surface area contributed by atoms with Crippen molar-refractivity contribution in [2.45, 2.75) is 0 Å². The fourth-order valence-corrected chi connectivity index (χ4v) is 6.56. The molecule has 0 unspecified atom stereocenters. The van der Waals surface area contributed by atoms with Gasteiger partial charge in [-0.05, 0) is 86.2 Å². The van der Waals surface area contributed by atoms with Gasteiger partial charge >= 0.3 is 0 Å². The van der Waals surface area contributed by atoms with Crippen molar-refractivity contribution in [3.05, 3.63) is 174 Å². The molecule has 2 nitrogen and oxygen atoms in total. The molecule has 7 aromatic carbocycles. The quantitative estimate of drug-likeness (QED) is 0.179. The van der Waals surface area contributed by atoms with Gasteiger partial charge in [-0.2, -0.15) is 0 Å². The van der Waals surface area contributed by atoms with E-state index in [4.69, 9.17) is 4.42 Å². The van der Waals surface area contributed by atoms with Crippen LogP contribution in [0.5, 0.6) is 0 Å². The molecule has 0 saturated heterocycles. The Kier molecular flexibility index (Phi) is 7.01. The molecule has 0 saturated carbocycles. The van der Waals surface area contributed by atoms with Gasteiger partial charge in [0.2, 0.25) is 0 Å². The van der Waals surface area contributed by atoms with Crippen molar-refractivity contribution < 1.29 is 4.42 Å². The fourth-order valence-electron chi connectivity index (χ4n) is 6.12. The van der Waals surface area contributed by atoms with Gasteiger partial charge in [-0.3, -0.25) is 0 Å². The van der Waals surface area contributed by atoms with E-state index in [0.29, 0.717) is 0 Å². The Morgan fingerprint density at radius 1 is 0.356 bits per heavy atom. The molecular weight excluding hydrogens is 614 g/mol. The van der Waals surface area contributed by atoms with Crippen LogP contribution in [-0.2, 0) is 0 Å². The summed E-state index contributed by atoms with van der Waals surface area (Å²) >= 11 is 3.66. The van der Waals surface area contributed by atoms with Crippen LogP contribution in [0.3, 0.4) is 0 Å². The fraction of sp³-hybridized carbons (Fsp3) is 0. The predicted octanol–water partition coefficient (Wildman–Crippen LogP) is 12.8. The summed E-state index contributed by atoms with van der Waals surface area (Å²) in [5, 5.41) is 2.23. The lowest BCUT2D eigenvalue weighted by atomic mass is 10.0. The lowest BCUT2D eigenvalue weighted by Crippen LogP contribution is -2.09. The Labute approximate surface area is 271 Å². The van der Waals surface area contributed by atoms with E-state index in [1.807, 2.05) is 6.07 Å². The van der Waals surface area contributed by atoms with Crippen molar-refractivity contribution in [3.8, 4) is 33.4 Å². The third kappa shape index (κ3) is 5.12. The van der Waals surface area contributed by atoms with E-state index in [0.717, 1.165) is 54.6 Å². The Morgan fingerprint density at radius 3 is 1.29 bits per heavy atom. The molecule has 0 amide bonds. The summed E-state index contributed by atoms with van der Waals surface area (Å²) in [6, 6.07) is 60.0. The molecule has 0 radical (unpaired) electrons. The van der Waals surface area contributed by atoms with E-state index in [1.165, 1.54) is 22.3 Å². The largest absolute Gasteiger partial charge is 0.454 e. The van der Waals surface area contributed by atoms with E-state index < -0.39 is 0 Å². The van der Waals surface area contributed by atoms with Gasteiger partial charge < -0.3 is 9.32 Å². The average Bonchev–Trinajstić information content (AvgIpc) is 3.51. The first-order valence-electron chi connectivity index (χ1n) is 15.0. The summed E-state index contributed by atoms with van der Waals surface area (Å²) in [6.07, 6.45) is 0. The first-order chi connectivity index (χ1) is 22.2. The highest BCUT2D eigenvalue weighted by Gasteiger charge is 2.16. The monoisotopic (exact) mass is 641 g/mol. The van der Waals surface area contributed by atoms with Gasteiger partial charge in [0.05, 0.1) is 4.47 Å². The third-order valence-electron chi connectivity index (χ3n) is 8.38. The van der Waals surface area contributed by atoms with Gasteiger partial charge in [0.1, 0.15) is 11.2 Å². The molecule has 0 spiro atoms. The average molecular weight is 643 g/mol. The van der Waals surface area contributed by atoms with Crippen molar-refractivity contribution >= 4 is 54.9 Å². The Hall–Kier alpha value is -5.38. The van der Waals surface area contributed by atoms with Crippen LogP contribution >= 0.6 is 15.9 Å². The first kappa shape index (κ1) is 27.2. The summed E-state index contributed by atoms with van der Waals surface area (Å²) in [5.74, 6) is 0. The zero-order valence-corrected chi connectivity index (χ0v) is 26.0. The summed E-state index contributed by atoms with van der Waals surface area (Å²) in [7, 11) is 0. The number of anilines is 3. The number of rotatable bonds is 6. The van der Waals surface area contributed by atoms with Crippen LogP contribution in [0.1, 0.15) is 0 Å². The zero-order chi connectivity index (χ0) is 30.2. The lowest BCUT2D eigenvalue weighted by molar-refractivity contribution is 0.668. The highest BCUT2D eigenvalue weighted by molar-refractivity contribution is 9.10. The molecule has 0 N–H and O–H groups in total. The second-order valence-corrected chi connectivity index (χ2v) is 12.0. The van der Waals surface area contributed by atoms with Gasteiger partial charge in [0, 0.05) is 33.4 Å². The molecule has 1 heterocycles. The van der Waals surface area contributed by atoms with Crippen molar-refractivity contribution in [2.75, 3.05) is 4.90 Å². The molecule has 0 aliphatic carbocycles. The SMILES string of the molecule is Brc1cccc2c1oc1c(-c3ccc(N(c4ccc(-c5ccccc5)cc4)c4ccc(-c5ccccc5)cc4)cc3)cccc12. The summed E-state index contributed by atoms with van der Waals surface area (Å²) in [4.78, 5) is 2.31. The molecule has 0 bridgehead atoms. The van der Waals surface area contributed by atoms with Gasteiger partial charge in [0.15, 0.2) is 0 Å². The smallest absolute Gasteiger partial charge is 0.149 e. The number of fused-ring (bicyclic) bond motifs is 3. The van der Waals surface area contributed by atoms with E-state index in [-0.39, 0.29) is 0 Å². The van der Waals surface area contributed by atoms with Crippen LogP contribution in [0.2, 0.25) is 0 Å².